The summed E-state index contributed by atoms with van der Waals surface area (Å²) in [6.45, 7) is 1.98. The molecule has 1 heterocycles. The first kappa shape index (κ1) is 13.9. The van der Waals surface area contributed by atoms with Gasteiger partial charge < -0.3 is 15.8 Å². The van der Waals surface area contributed by atoms with Crippen molar-refractivity contribution >= 4 is 33.2 Å². The summed E-state index contributed by atoms with van der Waals surface area (Å²) in [5.74, 6) is 1.42. The molecule has 0 saturated carbocycles. The second kappa shape index (κ2) is 5.41. The normalized spacial score (nSPS) is 13.5. The molecule has 0 radical (unpaired) electrons. The smallest absolute Gasteiger partial charge is 0.224 e. The van der Waals surface area contributed by atoms with Crippen molar-refractivity contribution in [3.05, 3.63) is 45.9 Å². The molecule has 2 aromatic carbocycles. The lowest BCUT2D eigenvalue weighted by molar-refractivity contribution is -0.116. The number of halogens is 1. The van der Waals surface area contributed by atoms with Crippen LogP contribution in [0.25, 0.3) is 0 Å². The molecule has 2 aromatic rings. The number of nitrogen functional groups attached to an aromatic ring is 1. The van der Waals surface area contributed by atoms with Gasteiger partial charge in [0, 0.05) is 16.6 Å². The zero-order chi connectivity index (χ0) is 15.0. The van der Waals surface area contributed by atoms with Gasteiger partial charge >= 0.3 is 0 Å². The van der Waals surface area contributed by atoms with Gasteiger partial charge in [-0.1, -0.05) is 15.9 Å². The van der Waals surface area contributed by atoms with Crippen molar-refractivity contribution in [3.63, 3.8) is 0 Å². The molecular formula is C16H15BrN2O2. The first-order chi connectivity index (χ1) is 10.0. The Labute approximate surface area is 131 Å². The summed E-state index contributed by atoms with van der Waals surface area (Å²) in [5, 5.41) is 2.83. The minimum Gasteiger partial charge on any atom is -0.455 e. The fraction of sp³-hybridized carbons (Fsp3) is 0.188. The average Bonchev–Trinajstić information content (AvgIpc) is 2.42. The Morgan fingerprint density at radius 2 is 2.00 bits per heavy atom. The second-order valence-electron chi connectivity index (χ2n) is 5.11. The van der Waals surface area contributed by atoms with Crippen LogP contribution in [-0.2, 0) is 11.2 Å². The van der Waals surface area contributed by atoms with Crippen LogP contribution in [0, 0.1) is 6.92 Å². The molecule has 1 aliphatic rings. The van der Waals surface area contributed by atoms with E-state index in [0.717, 1.165) is 27.0 Å². The highest BCUT2D eigenvalue weighted by Crippen LogP contribution is 2.36. The van der Waals surface area contributed by atoms with Crippen LogP contribution < -0.4 is 15.8 Å². The van der Waals surface area contributed by atoms with Crippen LogP contribution in [0.4, 0.5) is 11.4 Å². The first-order valence-corrected chi connectivity index (χ1v) is 7.48. The molecule has 0 spiro atoms. The molecule has 0 atom stereocenters. The van der Waals surface area contributed by atoms with Gasteiger partial charge in [0.1, 0.15) is 5.75 Å². The largest absolute Gasteiger partial charge is 0.455 e. The Morgan fingerprint density at radius 1 is 1.19 bits per heavy atom. The maximum atomic E-state index is 11.4. The van der Waals surface area contributed by atoms with Crippen LogP contribution in [0.1, 0.15) is 17.5 Å². The van der Waals surface area contributed by atoms with Gasteiger partial charge in [-0.3, -0.25) is 4.79 Å². The quantitative estimate of drug-likeness (QED) is 0.807. The number of nitrogens with two attached hydrogens (primary N) is 1. The van der Waals surface area contributed by atoms with E-state index < -0.39 is 0 Å². The van der Waals surface area contributed by atoms with Gasteiger partial charge in [0.25, 0.3) is 0 Å². The number of hydrogen-bond donors (Lipinski definition) is 2. The van der Waals surface area contributed by atoms with E-state index in [0.29, 0.717) is 24.3 Å². The lowest BCUT2D eigenvalue weighted by atomic mass is 10.0. The van der Waals surface area contributed by atoms with Crippen LogP contribution in [0.15, 0.2) is 34.8 Å². The summed E-state index contributed by atoms with van der Waals surface area (Å²) in [5.41, 5.74) is 9.40. The third-order valence-electron chi connectivity index (χ3n) is 3.49. The molecule has 0 fully saturated rings. The van der Waals surface area contributed by atoms with Crippen LogP contribution >= 0.6 is 15.9 Å². The predicted molar refractivity (Wildman–Crippen MR) is 86.8 cm³/mol. The Morgan fingerprint density at radius 3 is 2.76 bits per heavy atom. The summed E-state index contributed by atoms with van der Waals surface area (Å²) >= 11 is 3.43. The van der Waals surface area contributed by atoms with E-state index in [1.54, 1.807) is 6.07 Å². The highest BCUT2D eigenvalue weighted by atomic mass is 79.9. The molecule has 3 N–H and O–H groups in total. The van der Waals surface area contributed by atoms with Crippen LogP contribution in [-0.4, -0.2) is 5.91 Å². The van der Waals surface area contributed by atoms with Crippen molar-refractivity contribution in [1.29, 1.82) is 0 Å². The number of amides is 1. The zero-order valence-corrected chi connectivity index (χ0v) is 13.2. The maximum absolute atomic E-state index is 11.4. The second-order valence-corrected chi connectivity index (χ2v) is 6.02. The van der Waals surface area contributed by atoms with Crippen LogP contribution in [0.5, 0.6) is 11.5 Å². The molecule has 1 amide bonds. The fourth-order valence-corrected chi connectivity index (χ4v) is 2.83. The number of rotatable bonds is 2. The van der Waals surface area contributed by atoms with Crippen LogP contribution in [0.2, 0.25) is 0 Å². The number of carbonyl (C=O) groups excluding carboxylic acids is 1. The molecule has 5 heteroatoms. The third kappa shape index (κ3) is 2.88. The van der Waals surface area contributed by atoms with E-state index in [1.807, 2.05) is 31.2 Å². The Balaban J connectivity index is 1.94. The minimum absolute atomic E-state index is 0.0272. The van der Waals surface area contributed by atoms with E-state index >= 15 is 0 Å². The number of aryl methyl sites for hydroxylation is 2. The summed E-state index contributed by atoms with van der Waals surface area (Å²) in [6.07, 6.45) is 1.20. The van der Waals surface area contributed by atoms with Crippen molar-refractivity contribution in [1.82, 2.24) is 0 Å². The van der Waals surface area contributed by atoms with E-state index in [1.165, 1.54) is 0 Å². The molecule has 0 aromatic heterocycles. The van der Waals surface area contributed by atoms with Gasteiger partial charge in [0.15, 0.2) is 5.75 Å². The number of ether oxygens (including phenoxy) is 1. The van der Waals surface area contributed by atoms with E-state index in [2.05, 4.69) is 21.2 Å². The highest BCUT2D eigenvalue weighted by Gasteiger charge is 2.17. The molecular weight excluding hydrogens is 332 g/mol. The summed E-state index contributed by atoms with van der Waals surface area (Å²) in [6, 6.07) is 9.49. The van der Waals surface area contributed by atoms with Crippen molar-refractivity contribution < 1.29 is 9.53 Å². The predicted octanol–water partition coefficient (Wildman–Crippen LogP) is 4.02. The summed E-state index contributed by atoms with van der Waals surface area (Å²) in [4.78, 5) is 11.4. The SMILES string of the molecule is Cc1cc(Br)ccc1Oc1cc2c(cc1N)NC(=O)CC2. The average molecular weight is 347 g/mol. The number of anilines is 2. The third-order valence-corrected chi connectivity index (χ3v) is 3.98. The molecule has 0 bridgehead atoms. The van der Waals surface area contributed by atoms with Gasteiger partial charge in [-0.05, 0) is 54.8 Å². The lowest BCUT2D eigenvalue weighted by Gasteiger charge is -2.19. The number of fused-ring (bicyclic) bond motifs is 1. The Kier molecular flexibility index (Phi) is 3.59. The van der Waals surface area contributed by atoms with Crippen molar-refractivity contribution in [2.45, 2.75) is 19.8 Å². The number of benzene rings is 2. The lowest BCUT2D eigenvalue weighted by Crippen LogP contribution is -2.19. The van der Waals surface area contributed by atoms with Crippen molar-refractivity contribution in [2.75, 3.05) is 11.1 Å². The van der Waals surface area contributed by atoms with Gasteiger partial charge in [-0.15, -0.1) is 0 Å². The van der Waals surface area contributed by atoms with Crippen LogP contribution in [0.3, 0.4) is 0 Å². The number of hydrogen-bond acceptors (Lipinski definition) is 3. The maximum Gasteiger partial charge on any atom is 0.224 e. The molecule has 108 valence electrons. The van der Waals surface area contributed by atoms with E-state index in [9.17, 15) is 4.79 Å². The summed E-state index contributed by atoms with van der Waals surface area (Å²) < 4.78 is 6.94. The van der Waals surface area contributed by atoms with Crippen molar-refractivity contribution in [2.24, 2.45) is 0 Å². The molecule has 1 aliphatic heterocycles. The Bertz CT molecular complexity index is 728. The highest BCUT2D eigenvalue weighted by molar-refractivity contribution is 9.10. The first-order valence-electron chi connectivity index (χ1n) is 6.69. The molecule has 21 heavy (non-hydrogen) atoms. The Hall–Kier alpha value is -2.01. The van der Waals surface area contributed by atoms with Gasteiger partial charge in [0.05, 0.1) is 5.69 Å². The van der Waals surface area contributed by atoms with Gasteiger partial charge in [-0.2, -0.15) is 0 Å². The van der Waals surface area contributed by atoms with E-state index in [-0.39, 0.29) is 5.91 Å². The minimum atomic E-state index is 0.0272. The van der Waals surface area contributed by atoms with E-state index in [4.69, 9.17) is 10.5 Å². The van der Waals surface area contributed by atoms with Crippen molar-refractivity contribution in [3.8, 4) is 11.5 Å². The number of carbonyl (C=O) groups is 1. The molecule has 0 aliphatic carbocycles. The molecule has 4 nitrogen and oxygen atoms in total. The zero-order valence-electron chi connectivity index (χ0n) is 11.6. The topological polar surface area (TPSA) is 64.3 Å². The monoisotopic (exact) mass is 346 g/mol. The molecule has 3 rings (SSSR count). The van der Waals surface area contributed by atoms with Gasteiger partial charge in [0.2, 0.25) is 5.91 Å². The standard InChI is InChI=1S/C16H15BrN2O2/c1-9-6-11(17)3-4-14(9)21-15-7-10-2-5-16(20)19-13(10)8-12(15)18/h3-4,6-8H,2,5,18H2,1H3,(H,19,20). The molecule has 0 saturated heterocycles. The molecule has 0 unspecified atom stereocenters. The fourth-order valence-electron chi connectivity index (χ4n) is 2.36. The van der Waals surface area contributed by atoms with Gasteiger partial charge in [-0.25, -0.2) is 0 Å². The summed E-state index contributed by atoms with van der Waals surface area (Å²) in [7, 11) is 0. The number of nitrogens with one attached hydrogen (secondary N) is 1.